The quantitative estimate of drug-likeness (QED) is 0.666. The van der Waals surface area contributed by atoms with Crippen LogP contribution >= 0.6 is 0 Å². The van der Waals surface area contributed by atoms with Gasteiger partial charge in [-0.1, -0.05) is 5.16 Å². The SMILES string of the molecule is COc1ccc(-c2cc(COC(=O)c3ccc(F)cc3)no2)cc1. The van der Waals surface area contributed by atoms with E-state index in [1.54, 1.807) is 13.2 Å². The summed E-state index contributed by atoms with van der Waals surface area (Å²) in [5, 5.41) is 3.87. The van der Waals surface area contributed by atoms with Gasteiger partial charge in [-0.25, -0.2) is 9.18 Å². The monoisotopic (exact) mass is 327 g/mol. The summed E-state index contributed by atoms with van der Waals surface area (Å²) in [6, 6.07) is 14.1. The molecule has 1 aromatic heterocycles. The number of halogens is 1. The summed E-state index contributed by atoms with van der Waals surface area (Å²) in [5.41, 5.74) is 1.59. The molecule has 0 fully saturated rings. The number of nitrogens with zero attached hydrogens (tertiary/aromatic N) is 1. The zero-order valence-corrected chi connectivity index (χ0v) is 12.9. The Bertz CT molecular complexity index is 825. The molecule has 0 saturated carbocycles. The van der Waals surface area contributed by atoms with Crippen LogP contribution in [0.4, 0.5) is 4.39 Å². The van der Waals surface area contributed by atoms with E-state index < -0.39 is 11.8 Å². The lowest BCUT2D eigenvalue weighted by Crippen LogP contribution is -2.05. The molecule has 6 heteroatoms. The summed E-state index contributed by atoms with van der Waals surface area (Å²) in [5.74, 6) is 0.341. The lowest BCUT2D eigenvalue weighted by Gasteiger charge is -2.02. The van der Waals surface area contributed by atoms with Crippen molar-refractivity contribution in [3.8, 4) is 17.1 Å². The summed E-state index contributed by atoms with van der Waals surface area (Å²) in [7, 11) is 1.59. The van der Waals surface area contributed by atoms with Crippen molar-refractivity contribution in [2.45, 2.75) is 6.61 Å². The second-order valence-corrected chi connectivity index (χ2v) is 4.99. The molecule has 0 aliphatic rings. The number of carbonyl (C=O) groups excluding carboxylic acids is 1. The first kappa shape index (κ1) is 15.7. The topological polar surface area (TPSA) is 61.6 Å². The molecule has 1 heterocycles. The molecule has 0 atom stereocenters. The van der Waals surface area contributed by atoms with E-state index >= 15 is 0 Å². The number of rotatable bonds is 5. The predicted molar refractivity (Wildman–Crippen MR) is 84.0 cm³/mol. The first-order valence-electron chi connectivity index (χ1n) is 7.18. The van der Waals surface area contributed by atoms with Gasteiger partial charge in [-0.15, -0.1) is 0 Å². The molecule has 2 aromatic carbocycles. The minimum atomic E-state index is -0.552. The maximum absolute atomic E-state index is 12.8. The van der Waals surface area contributed by atoms with E-state index in [2.05, 4.69) is 5.16 Å². The second kappa shape index (κ2) is 6.95. The fourth-order valence-electron chi connectivity index (χ4n) is 2.08. The molecule has 0 N–H and O–H groups in total. The van der Waals surface area contributed by atoms with Crippen molar-refractivity contribution >= 4 is 5.97 Å². The van der Waals surface area contributed by atoms with E-state index in [1.165, 1.54) is 24.3 Å². The summed E-state index contributed by atoms with van der Waals surface area (Å²) in [6.45, 7) is -0.0319. The van der Waals surface area contributed by atoms with Crippen molar-refractivity contribution in [2.24, 2.45) is 0 Å². The molecule has 3 aromatic rings. The van der Waals surface area contributed by atoms with E-state index in [-0.39, 0.29) is 12.2 Å². The Morgan fingerprint density at radius 3 is 2.50 bits per heavy atom. The van der Waals surface area contributed by atoms with Crippen LogP contribution in [-0.4, -0.2) is 18.2 Å². The van der Waals surface area contributed by atoms with Crippen LogP contribution in [0.15, 0.2) is 59.1 Å². The number of methoxy groups -OCH3 is 1. The van der Waals surface area contributed by atoms with E-state index in [0.717, 1.165) is 11.3 Å². The molecular weight excluding hydrogens is 313 g/mol. The van der Waals surface area contributed by atoms with Gasteiger partial charge in [-0.05, 0) is 48.5 Å². The molecule has 0 radical (unpaired) electrons. The van der Waals surface area contributed by atoms with Crippen LogP contribution in [0.3, 0.4) is 0 Å². The molecule has 3 rings (SSSR count). The van der Waals surface area contributed by atoms with Gasteiger partial charge in [-0.2, -0.15) is 0 Å². The average molecular weight is 327 g/mol. The van der Waals surface area contributed by atoms with Crippen LogP contribution in [0.5, 0.6) is 5.75 Å². The van der Waals surface area contributed by atoms with Crippen LogP contribution in [-0.2, 0) is 11.3 Å². The third-order valence-corrected chi connectivity index (χ3v) is 3.36. The van der Waals surface area contributed by atoms with Crippen molar-refractivity contribution in [3.63, 3.8) is 0 Å². The predicted octanol–water partition coefficient (Wildman–Crippen LogP) is 3.85. The first-order valence-corrected chi connectivity index (χ1v) is 7.18. The molecule has 0 spiro atoms. The van der Waals surface area contributed by atoms with Crippen LogP contribution < -0.4 is 4.74 Å². The van der Waals surface area contributed by atoms with Crippen molar-refractivity contribution in [1.82, 2.24) is 5.16 Å². The maximum Gasteiger partial charge on any atom is 0.338 e. The Morgan fingerprint density at radius 1 is 1.12 bits per heavy atom. The minimum absolute atomic E-state index is 0.0319. The third-order valence-electron chi connectivity index (χ3n) is 3.36. The molecule has 0 unspecified atom stereocenters. The number of ether oxygens (including phenoxy) is 2. The highest BCUT2D eigenvalue weighted by Gasteiger charge is 2.11. The van der Waals surface area contributed by atoms with E-state index in [9.17, 15) is 9.18 Å². The average Bonchev–Trinajstić information content (AvgIpc) is 3.09. The van der Waals surface area contributed by atoms with Crippen LogP contribution in [0.1, 0.15) is 16.1 Å². The number of aromatic nitrogens is 1. The van der Waals surface area contributed by atoms with Gasteiger partial charge >= 0.3 is 5.97 Å². The lowest BCUT2D eigenvalue weighted by atomic mass is 10.1. The zero-order chi connectivity index (χ0) is 16.9. The highest BCUT2D eigenvalue weighted by atomic mass is 19.1. The van der Waals surface area contributed by atoms with Gasteiger partial charge in [-0.3, -0.25) is 0 Å². The highest BCUT2D eigenvalue weighted by Crippen LogP contribution is 2.23. The van der Waals surface area contributed by atoms with Crippen LogP contribution in [0.2, 0.25) is 0 Å². The van der Waals surface area contributed by atoms with E-state index in [1.807, 2.05) is 24.3 Å². The van der Waals surface area contributed by atoms with Gasteiger partial charge < -0.3 is 14.0 Å². The van der Waals surface area contributed by atoms with Crippen LogP contribution in [0.25, 0.3) is 11.3 Å². The largest absolute Gasteiger partial charge is 0.497 e. The van der Waals surface area contributed by atoms with E-state index in [0.29, 0.717) is 11.5 Å². The molecule has 0 bridgehead atoms. The maximum atomic E-state index is 12.8. The standard InChI is InChI=1S/C18H14FNO4/c1-22-16-8-4-12(5-9-16)17-10-15(20-24-17)11-23-18(21)13-2-6-14(19)7-3-13/h2-10H,11H2,1H3. The number of carbonyl (C=O) groups is 1. The Balaban J connectivity index is 1.63. The fourth-order valence-corrected chi connectivity index (χ4v) is 2.08. The first-order chi connectivity index (χ1) is 11.7. The van der Waals surface area contributed by atoms with Gasteiger partial charge in [0.25, 0.3) is 0 Å². The molecule has 0 saturated heterocycles. The van der Waals surface area contributed by atoms with Gasteiger partial charge in [0.2, 0.25) is 0 Å². The Kier molecular flexibility index (Phi) is 4.56. The molecule has 5 nitrogen and oxygen atoms in total. The van der Waals surface area contributed by atoms with Gasteiger partial charge in [0.1, 0.15) is 23.9 Å². The minimum Gasteiger partial charge on any atom is -0.497 e. The number of hydrogen-bond acceptors (Lipinski definition) is 5. The van der Waals surface area contributed by atoms with Crippen molar-refractivity contribution in [1.29, 1.82) is 0 Å². The van der Waals surface area contributed by atoms with Gasteiger partial charge in [0, 0.05) is 11.6 Å². The summed E-state index contributed by atoms with van der Waals surface area (Å²) >= 11 is 0. The number of benzene rings is 2. The third kappa shape index (κ3) is 3.60. The normalized spacial score (nSPS) is 10.4. The van der Waals surface area contributed by atoms with Crippen LogP contribution in [0, 0.1) is 5.82 Å². The molecule has 24 heavy (non-hydrogen) atoms. The highest BCUT2D eigenvalue weighted by molar-refractivity contribution is 5.89. The zero-order valence-electron chi connectivity index (χ0n) is 12.9. The number of hydrogen-bond donors (Lipinski definition) is 0. The second-order valence-electron chi connectivity index (χ2n) is 4.99. The summed E-state index contributed by atoms with van der Waals surface area (Å²) in [6.07, 6.45) is 0. The van der Waals surface area contributed by atoms with Crippen molar-refractivity contribution < 1.29 is 23.2 Å². The molecule has 0 amide bonds. The Labute approximate surface area is 137 Å². The Morgan fingerprint density at radius 2 is 1.83 bits per heavy atom. The molecule has 0 aliphatic heterocycles. The summed E-state index contributed by atoms with van der Waals surface area (Å²) < 4.78 is 28.3. The Hall–Kier alpha value is -3.15. The van der Waals surface area contributed by atoms with E-state index in [4.69, 9.17) is 14.0 Å². The lowest BCUT2D eigenvalue weighted by molar-refractivity contribution is 0.0464. The van der Waals surface area contributed by atoms with Gasteiger partial charge in [0.15, 0.2) is 5.76 Å². The fraction of sp³-hybridized carbons (Fsp3) is 0.111. The summed E-state index contributed by atoms with van der Waals surface area (Å²) in [4.78, 5) is 11.9. The molecule has 122 valence electrons. The van der Waals surface area contributed by atoms with Gasteiger partial charge in [0.05, 0.1) is 12.7 Å². The molecule has 0 aliphatic carbocycles. The van der Waals surface area contributed by atoms with Crippen molar-refractivity contribution in [3.05, 3.63) is 71.7 Å². The molecular formula is C18H14FNO4. The van der Waals surface area contributed by atoms with Crippen molar-refractivity contribution in [2.75, 3.05) is 7.11 Å². The smallest absolute Gasteiger partial charge is 0.338 e. The number of esters is 1.